The molecule has 5 heteroatoms. The van der Waals surface area contributed by atoms with E-state index in [1.54, 1.807) is 0 Å². The number of rotatable bonds is 3. The standard InChI is InChI=1S/C18H27N3O2/c1-18(2,3)23-17(22)21-12-5-4-8-15(21)14-7-6-11-19-16(14)20-13-9-10-13/h6-7,11,13,15H,4-5,8-10,12H2,1-3H3,(H,19,20). The number of piperidine rings is 1. The van der Waals surface area contributed by atoms with E-state index in [2.05, 4.69) is 16.4 Å². The second-order valence-corrected chi connectivity index (χ2v) is 7.55. The van der Waals surface area contributed by atoms with Gasteiger partial charge in [0, 0.05) is 24.3 Å². The fraction of sp³-hybridized carbons (Fsp3) is 0.667. The number of nitrogens with zero attached hydrogens (tertiary/aromatic N) is 2. The lowest BCUT2D eigenvalue weighted by Crippen LogP contribution is -2.42. The maximum absolute atomic E-state index is 12.6. The van der Waals surface area contributed by atoms with Gasteiger partial charge in [0.2, 0.25) is 0 Å². The number of nitrogens with one attached hydrogen (secondary N) is 1. The molecule has 0 bridgehead atoms. The molecule has 126 valence electrons. The SMILES string of the molecule is CC(C)(C)OC(=O)N1CCCCC1c1cccnc1NC1CC1. The number of anilines is 1. The summed E-state index contributed by atoms with van der Waals surface area (Å²) in [7, 11) is 0. The summed E-state index contributed by atoms with van der Waals surface area (Å²) in [5, 5.41) is 3.50. The molecule has 23 heavy (non-hydrogen) atoms. The number of likely N-dealkylation sites (tertiary alicyclic amines) is 1. The topological polar surface area (TPSA) is 54.5 Å². The molecule has 0 radical (unpaired) electrons. The minimum atomic E-state index is -0.469. The number of ether oxygens (including phenoxy) is 1. The summed E-state index contributed by atoms with van der Waals surface area (Å²) >= 11 is 0. The fourth-order valence-corrected chi connectivity index (χ4v) is 3.02. The smallest absolute Gasteiger partial charge is 0.410 e. The highest BCUT2D eigenvalue weighted by molar-refractivity contribution is 5.69. The van der Waals surface area contributed by atoms with Gasteiger partial charge in [0.25, 0.3) is 0 Å². The van der Waals surface area contributed by atoms with Gasteiger partial charge in [-0.1, -0.05) is 6.07 Å². The number of carbonyl (C=O) groups is 1. The van der Waals surface area contributed by atoms with Crippen molar-refractivity contribution in [1.82, 2.24) is 9.88 Å². The zero-order valence-electron chi connectivity index (χ0n) is 14.3. The lowest BCUT2D eigenvalue weighted by molar-refractivity contribution is 0.00957. The van der Waals surface area contributed by atoms with Crippen LogP contribution in [-0.2, 0) is 4.74 Å². The zero-order valence-corrected chi connectivity index (χ0v) is 14.3. The van der Waals surface area contributed by atoms with Crippen molar-refractivity contribution in [2.24, 2.45) is 0 Å². The van der Waals surface area contributed by atoms with Crippen LogP contribution in [0.2, 0.25) is 0 Å². The van der Waals surface area contributed by atoms with Gasteiger partial charge in [0.05, 0.1) is 6.04 Å². The van der Waals surface area contributed by atoms with Crippen molar-refractivity contribution in [3.63, 3.8) is 0 Å². The Hall–Kier alpha value is -1.78. The van der Waals surface area contributed by atoms with Gasteiger partial charge >= 0.3 is 6.09 Å². The van der Waals surface area contributed by atoms with Gasteiger partial charge < -0.3 is 15.0 Å². The first-order chi connectivity index (χ1) is 10.9. The van der Waals surface area contributed by atoms with Crippen LogP contribution in [0.4, 0.5) is 10.6 Å². The Morgan fingerprint density at radius 3 is 2.78 bits per heavy atom. The Bertz CT molecular complexity index is 564. The maximum atomic E-state index is 12.6. The average molecular weight is 317 g/mol. The van der Waals surface area contributed by atoms with Crippen molar-refractivity contribution in [3.8, 4) is 0 Å². The molecular formula is C18H27N3O2. The molecule has 2 heterocycles. The zero-order chi connectivity index (χ0) is 16.4. The molecule has 0 aromatic carbocycles. The van der Waals surface area contributed by atoms with E-state index < -0.39 is 5.60 Å². The first kappa shape index (κ1) is 16.1. The van der Waals surface area contributed by atoms with Crippen molar-refractivity contribution >= 4 is 11.9 Å². The minimum absolute atomic E-state index is 0.0496. The number of hydrogen-bond acceptors (Lipinski definition) is 4. The Kier molecular flexibility index (Phi) is 4.46. The first-order valence-electron chi connectivity index (χ1n) is 8.65. The lowest BCUT2D eigenvalue weighted by atomic mass is 9.96. The third-order valence-electron chi connectivity index (χ3n) is 4.25. The van der Waals surface area contributed by atoms with Crippen LogP contribution in [0.25, 0.3) is 0 Å². The highest BCUT2D eigenvalue weighted by Crippen LogP contribution is 2.36. The van der Waals surface area contributed by atoms with E-state index in [0.717, 1.165) is 37.2 Å². The van der Waals surface area contributed by atoms with Crippen LogP contribution < -0.4 is 5.32 Å². The van der Waals surface area contributed by atoms with Crippen molar-refractivity contribution in [1.29, 1.82) is 0 Å². The molecule has 5 nitrogen and oxygen atoms in total. The molecule has 1 aromatic rings. The molecule has 1 aliphatic carbocycles. The lowest BCUT2D eigenvalue weighted by Gasteiger charge is -2.37. The monoisotopic (exact) mass is 317 g/mol. The molecule has 1 atom stereocenters. The fourth-order valence-electron chi connectivity index (χ4n) is 3.02. The molecule has 0 spiro atoms. The second-order valence-electron chi connectivity index (χ2n) is 7.55. The Labute approximate surface area is 138 Å². The van der Waals surface area contributed by atoms with Crippen molar-refractivity contribution in [2.45, 2.75) is 70.6 Å². The first-order valence-corrected chi connectivity index (χ1v) is 8.65. The molecule has 3 rings (SSSR count). The summed E-state index contributed by atoms with van der Waals surface area (Å²) in [6.07, 6.45) is 7.12. The van der Waals surface area contributed by atoms with E-state index in [1.807, 2.05) is 37.9 Å². The molecule has 2 fully saturated rings. The van der Waals surface area contributed by atoms with Gasteiger partial charge in [-0.05, 0) is 58.9 Å². The summed E-state index contributed by atoms with van der Waals surface area (Å²) in [6, 6.07) is 4.64. The summed E-state index contributed by atoms with van der Waals surface area (Å²) in [5.41, 5.74) is 0.647. The predicted molar refractivity (Wildman–Crippen MR) is 90.4 cm³/mol. The van der Waals surface area contributed by atoms with Gasteiger partial charge in [-0.3, -0.25) is 0 Å². The molecule has 1 saturated carbocycles. The number of aromatic nitrogens is 1. The highest BCUT2D eigenvalue weighted by atomic mass is 16.6. The van der Waals surface area contributed by atoms with E-state index in [0.29, 0.717) is 6.04 Å². The summed E-state index contributed by atoms with van der Waals surface area (Å²) in [5.74, 6) is 0.926. The van der Waals surface area contributed by atoms with Crippen LogP contribution in [0.1, 0.15) is 64.5 Å². The average Bonchev–Trinajstić information content (AvgIpc) is 3.30. The van der Waals surface area contributed by atoms with Crippen LogP contribution in [-0.4, -0.2) is 34.2 Å². The largest absolute Gasteiger partial charge is 0.444 e. The summed E-state index contributed by atoms with van der Waals surface area (Å²) < 4.78 is 5.61. The van der Waals surface area contributed by atoms with E-state index in [1.165, 1.54) is 12.8 Å². The number of pyridine rings is 1. The minimum Gasteiger partial charge on any atom is -0.444 e. The maximum Gasteiger partial charge on any atom is 0.410 e. The van der Waals surface area contributed by atoms with E-state index in [-0.39, 0.29) is 12.1 Å². The molecule has 1 aromatic heterocycles. The number of hydrogen-bond donors (Lipinski definition) is 1. The molecule has 2 aliphatic rings. The molecule has 1 N–H and O–H groups in total. The summed E-state index contributed by atoms with van der Waals surface area (Å²) in [6.45, 7) is 6.48. The second kappa shape index (κ2) is 6.38. The van der Waals surface area contributed by atoms with E-state index >= 15 is 0 Å². The number of carbonyl (C=O) groups excluding carboxylic acids is 1. The van der Waals surface area contributed by atoms with Crippen molar-refractivity contribution in [2.75, 3.05) is 11.9 Å². The van der Waals surface area contributed by atoms with Gasteiger partial charge in [0.1, 0.15) is 11.4 Å². The predicted octanol–water partition coefficient (Wildman–Crippen LogP) is 4.12. The molecule has 1 aliphatic heterocycles. The molecular weight excluding hydrogens is 290 g/mol. The Morgan fingerprint density at radius 1 is 1.30 bits per heavy atom. The van der Waals surface area contributed by atoms with Gasteiger partial charge in [-0.2, -0.15) is 0 Å². The third kappa shape index (κ3) is 4.15. The number of amides is 1. The van der Waals surface area contributed by atoms with Gasteiger partial charge in [-0.25, -0.2) is 9.78 Å². The van der Waals surface area contributed by atoms with Crippen molar-refractivity contribution in [3.05, 3.63) is 23.9 Å². The van der Waals surface area contributed by atoms with Crippen LogP contribution in [0.15, 0.2) is 18.3 Å². The molecule has 1 saturated heterocycles. The Morgan fingerprint density at radius 2 is 2.09 bits per heavy atom. The van der Waals surface area contributed by atoms with Gasteiger partial charge in [-0.15, -0.1) is 0 Å². The highest BCUT2D eigenvalue weighted by Gasteiger charge is 2.33. The van der Waals surface area contributed by atoms with E-state index in [9.17, 15) is 4.79 Å². The van der Waals surface area contributed by atoms with E-state index in [4.69, 9.17) is 4.74 Å². The third-order valence-corrected chi connectivity index (χ3v) is 4.25. The van der Waals surface area contributed by atoms with Crippen LogP contribution in [0.3, 0.4) is 0 Å². The summed E-state index contributed by atoms with van der Waals surface area (Å²) in [4.78, 5) is 19.0. The van der Waals surface area contributed by atoms with Crippen LogP contribution >= 0.6 is 0 Å². The normalized spacial score (nSPS) is 21.9. The van der Waals surface area contributed by atoms with Crippen molar-refractivity contribution < 1.29 is 9.53 Å². The Balaban J connectivity index is 1.82. The van der Waals surface area contributed by atoms with Gasteiger partial charge in [0.15, 0.2) is 0 Å². The molecule has 1 unspecified atom stereocenters. The van der Waals surface area contributed by atoms with Crippen LogP contribution in [0, 0.1) is 0 Å². The quantitative estimate of drug-likeness (QED) is 0.911. The van der Waals surface area contributed by atoms with Crippen LogP contribution in [0.5, 0.6) is 0 Å². The molecule has 1 amide bonds.